The van der Waals surface area contributed by atoms with Crippen LogP contribution in [0.5, 0.6) is 5.75 Å². The number of nitriles is 1. The maximum atomic E-state index is 13.1. The quantitative estimate of drug-likeness (QED) is 0.429. The number of nitrogens with zero attached hydrogens (tertiary/aromatic N) is 4. The molecule has 0 aliphatic heterocycles. The molecule has 0 unspecified atom stereocenters. The Hall–Kier alpha value is -3.96. The molecule has 0 saturated heterocycles. The van der Waals surface area contributed by atoms with Gasteiger partial charge < -0.3 is 9.64 Å². The zero-order valence-electron chi connectivity index (χ0n) is 17.4. The van der Waals surface area contributed by atoms with E-state index in [2.05, 4.69) is 11.1 Å². The van der Waals surface area contributed by atoms with Crippen molar-refractivity contribution < 1.29 is 9.53 Å². The number of carbonyl (C=O) groups excluding carboxylic acids is 1. The first-order chi connectivity index (χ1) is 15.6. The van der Waals surface area contributed by atoms with Crippen LogP contribution in [0, 0.1) is 11.3 Å². The summed E-state index contributed by atoms with van der Waals surface area (Å²) in [6.07, 6.45) is 1.60. The molecule has 160 valence electrons. The van der Waals surface area contributed by atoms with Gasteiger partial charge in [-0.2, -0.15) is 5.26 Å². The Kier molecular flexibility index (Phi) is 6.29. The van der Waals surface area contributed by atoms with Gasteiger partial charge in [-0.1, -0.05) is 18.2 Å². The van der Waals surface area contributed by atoms with Crippen molar-refractivity contribution in [2.45, 2.75) is 13.0 Å². The van der Waals surface area contributed by atoms with Gasteiger partial charge in [0, 0.05) is 17.1 Å². The van der Waals surface area contributed by atoms with Gasteiger partial charge >= 0.3 is 0 Å². The summed E-state index contributed by atoms with van der Waals surface area (Å²) in [5.41, 5.74) is 1.98. The molecule has 0 fully saturated rings. The van der Waals surface area contributed by atoms with Crippen molar-refractivity contribution in [2.24, 2.45) is 0 Å². The van der Waals surface area contributed by atoms with E-state index < -0.39 is 0 Å². The lowest BCUT2D eigenvalue weighted by Gasteiger charge is -2.22. The van der Waals surface area contributed by atoms with Crippen molar-refractivity contribution >= 4 is 33.1 Å². The fourth-order valence-corrected chi connectivity index (χ4v) is 4.42. The number of aromatic nitrogens is 2. The second-order valence-electron chi connectivity index (χ2n) is 7.02. The van der Waals surface area contributed by atoms with Crippen LogP contribution in [0.1, 0.15) is 6.42 Å². The molecule has 2 aromatic heterocycles. The fraction of sp³-hybridized carbons (Fsp3) is 0.167. The molecule has 0 aliphatic carbocycles. The van der Waals surface area contributed by atoms with Crippen LogP contribution >= 0.6 is 11.3 Å². The summed E-state index contributed by atoms with van der Waals surface area (Å²) in [7, 11) is 1.61. The van der Waals surface area contributed by atoms with Gasteiger partial charge in [0.25, 0.3) is 5.56 Å². The van der Waals surface area contributed by atoms with Crippen LogP contribution in [-0.2, 0) is 11.3 Å². The second kappa shape index (κ2) is 9.45. The molecule has 0 saturated carbocycles. The summed E-state index contributed by atoms with van der Waals surface area (Å²) >= 11 is 1.35. The molecular weight excluding hydrogens is 424 g/mol. The minimum absolute atomic E-state index is 0.155. The van der Waals surface area contributed by atoms with Crippen molar-refractivity contribution in [3.8, 4) is 22.3 Å². The summed E-state index contributed by atoms with van der Waals surface area (Å²) < 4.78 is 7.01. The Balaban J connectivity index is 1.62. The number of benzene rings is 2. The number of para-hydroxylation sites is 1. The summed E-state index contributed by atoms with van der Waals surface area (Å²) in [5.74, 6) is 0.481. The molecule has 0 spiro atoms. The number of fused-ring (bicyclic) bond motifs is 1. The van der Waals surface area contributed by atoms with Crippen LogP contribution in [0.25, 0.3) is 20.7 Å². The van der Waals surface area contributed by atoms with Gasteiger partial charge in [-0.3, -0.25) is 14.2 Å². The zero-order valence-corrected chi connectivity index (χ0v) is 18.2. The Labute approximate surface area is 188 Å². The lowest BCUT2D eigenvalue weighted by Crippen LogP contribution is -2.37. The van der Waals surface area contributed by atoms with Gasteiger partial charge in [-0.15, -0.1) is 11.3 Å². The van der Waals surface area contributed by atoms with Crippen LogP contribution in [0.15, 0.2) is 71.8 Å². The Morgan fingerprint density at radius 3 is 2.62 bits per heavy atom. The molecular formula is C24H20N4O3S. The Bertz CT molecular complexity index is 1340. The van der Waals surface area contributed by atoms with E-state index in [0.29, 0.717) is 15.9 Å². The van der Waals surface area contributed by atoms with Gasteiger partial charge in [0.1, 0.15) is 17.0 Å². The molecule has 4 rings (SSSR count). The minimum Gasteiger partial charge on any atom is -0.497 e. The molecule has 7 nitrogen and oxygen atoms in total. The Morgan fingerprint density at radius 2 is 1.94 bits per heavy atom. The number of amides is 1. The highest BCUT2D eigenvalue weighted by Gasteiger charge is 2.18. The minimum atomic E-state index is -0.276. The van der Waals surface area contributed by atoms with E-state index in [4.69, 9.17) is 10.00 Å². The number of methoxy groups -OCH3 is 1. The van der Waals surface area contributed by atoms with E-state index in [9.17, 15) is 9.59 Å². The monoisotopic (exact) mass is 444 g/mol. The van der Waals surface area contributed by atoms with E-state index in [1.165, 1.54) is 27.1 Å². The highest BCUT2D eigenvalue weighted by atomic mass is 32.1. The molecule has 0 N–H and O–H groups in total. The lowest BCUT2D eigenvalue weighted by atomic mass is 10.2. The number of hydrogen-bond acceptors (Lipinski definition) is 6. The van der Waals surface area contributed by atoms with Gasteiger partial charge in [0.05, 0.1) is 31.4 Å². The van der Waals surface area contributed by atoms with Gasteiger partial charge in [-0.25, -0.2) is 4.98 Å². The van der Waals surface area contributed by atoms with Crippen molar-refractivity contribution in [2.75, 3.05) is 18.6 Å². The first-order valence-electron chi connectivity index (χ1n) is 9.96. The SMILES string of the molecule is COc1ccc(-c2cc3ncn(CC(=O)N(CCC#N)c4ccccc4)c(=O)c3s2)cc1. The van der Waals surface area contributed by atoms with Crippen molar-refractivity contribution in [1.82, 2.24) is 9.55 Å². The van der Waals surface area contributed by atoms with Crippen molar-refractivity contribution in [3.05, 3.63) is 77.3 Å². The average Bonchev–Trinajstić information content (AvgIpc) is 3.27. The maximum absolute atomic E-state index is 13.1. The van der Waals surface area contributed by atoms with E-state index in [1.807, 2.05) is 48.5 Å². The van der Waals surface area contributed by atoms with E-state index >= 15 is 0 Å². The van der Waals surface area contributed by atoms with Crippen LogP contribution < -0.4 is 15.2 Å². The van der Waals surface area contributed by atoms with Crippen LogP contribution in [0.2, 0.25) is 0 Å². The second-order valence-corrected chi connectivity index (χ2v) is 8.07. The maximum Gasteiger partial charge on any atom is 0.271 e. The predicted molar refractivity (Wildman–Crippen MR) is 125 cm³/mol. The third kappa shape index (κ3) is 4.38. The summed E-state index contributed by atoms with van der Waals surface area (Å²) in [5, 5.41) is 8.96. The molecule has 0 atom stereocenters. The van der Waals surface area contributed by atoms with Gasteiger partial charge in [-0.05, 0) is 48.0 Å². The average molecular weight is 445 g/mol. The molecule has 2 heterocycles. The van der Waals surface area contributed by atoms with Crippen LogP contribution in [0.4, 0.5) is 5.69 Å². The summed E-state index contributed by atoms with van der Waals surface area (Å²) in [4.78, 5) is 32.9. The third-order valence-corrected chi connectivity index (χ3v) is 6.16. The number of thiophene rings is 1. The molecule has 32 heavy (non-hydrogen) atoms. The number of carbonyl (C=O) groups is 1. The summed E-state index contributed by atoms with van der Waals surface area (Å²) in [6.45, 7) is 0.0995. The Morgan fingerprint density at radius 1 is 1.19 bits per heavy atom. The fourth-order valence-electron chi connectivity index (χ4n) is 3.35. The number of ether oxygens (including phenoxy) is 1. The van der Waals surface area contributed by atoms with Crippen LogP contribution in [0.3, 0.4) is 0 Å². The molecule has 0 aliphatic rings. The van der Waals surface area contributed by atoms with E-state index in [1.54, 1.807) is 19.2 Å². The summed E-state index contributed by atoms with van der Waals surface area (Å²) in [6, 6.07) is 20.7. The molecule has 1 amide bonds. The van der Waals surface area contributed by atoms with Crippen molar-refractivity contribution in [1.29, 1.82) is 5.26 Å². The number of rotatable bonds is 7. The van der Waals surface area contributed by atoms with Crippen molar-refractivity contribution in [3.63, 3.8) is 0 Å². The normalized spacial score (nSPS) is 10.6. The zero-order chi connectivity index (χ0) is 22.5. The van der Waals surface area contributed by atoms with E-state index in [-0.39, 0.29) is 31.0 Å². The predicted octanol–water partition coefficient (Wildman–Crippen LogP) is 4.08. The largest absolute Gasteiger partial charge is 0.497 e. The van der Waals surface area contributed by atoms with E-state index in [0.717, 1.165) is 16.2 Å². The molecule has 2 aromatic carbocycles. The number of hydrogen-bond donors (Lipinski definition) is 0. The molecule has 0 bridgehead atoms. The molecule has 0 radical (unpaired) electrons. The smallest absolute Gasteiger partial charge is 0.271 e. The standard InChI is InChI=1S/C24H20N4O3S/c1-31-19-10-8-17(9-11-19)21-14-20-23(32-21)24(30)27(16-26-20)15-22(29)28(13-5-12-25)18-6-3-2-4-7-18/h2-4,6-11,14,16H,5,13,15H2,1H3. The number of anilines is 1. The van der Waals surface area contributed by atoms with Crippen LogP contribution in [-0.4, -0.2) is 29.1 Å². The highest BCUT2D eigenvalue weighted by Crippen LogP contribution is 2.31. The first-order valence-corrected chi connectivity index (χ1v) is 10.8. The topological polar surface area (TPSA) is 88.2 Å². The highest BCUT2D eigenvalue weighted by molar-refractivity contribution is 7.22. The molecule has 8 heteroatoms. The third-order valence-electron chi connectivity index (χ3n) is 5.00. The van der Waals surface area contributed by atoms with Gasteiger partial charge in [0.15, 0.2) is 0 Å². The molecule has 4 aromatic rings. The lowest BCUT2D eigenvalue weighted by molar-refractivity contribution is -0.119. The first kappa shape index (κ1) is 21.3. The van der Waals surface area contributed by atoms with Gasteiger partial charge in [0.2, 0.25) is 5.91 Å².